The number of nitrogens with one attached hydrogen (secondary N) is 2. The number of carbonyl (C=O) groups is 2. The lowest BCUT2D eigenvalue weighted by Gasteiger charge is -2.35. The lowest BCUT2D eigenvalue weighted by molar-refractivity contribution is -0.159. The Balaban J connectivity index is 1.97. The largest absolute Gasteiger partial charge is 0.481 e. The highest BCUT2D eigenvalue weighted by Crippen LogP contribution is 2.47. The van der Waals surface area contributed by atoms with E-state index >= 15 is 0 Å². The van der Waals surface area contributed by atoms with Gasteiger partial charge in [-0.3, -0.25) is 14.6 Å². The van der Waals surface area contributed by atoms with E-state index in [1.54, 1.807) is 18.2 Å². The molecule has 5 rings (SSSR count). The van der Waals surface area contributed by atoms with E-state index in [4.69, 9.17) is 4.98 Å². The number of aromatic amines is 2. The highest BCUT2D eigenvalue weighted by molar-refractivity contribution is 5.94. The fourth-order valence-corrected chi connectivity index (χ4v) is 6.11. The van der Waals surface area contributed by atoms with Gasteiger partial charge in [-0.05, 0) is 87.1 Å². The van der Waals surface area contributed by atoms with Gasteiger partial charge in [0, 0.05) is 46.0 Å². The first-order valence-electron chi connectivity index (χ1n) is 14.3. The van der Waals surface area contributed by atoms with Crippen LogP contribution in [-0.2, 0) is 20.8 Å². The number of aryl methyl sites for hydroxylation is 2. The topological polar surface area (TPSA) is 172 Å². The second kappa shape index (κ2) is 11.0. The first kappa shape index (κ1) is 30.7. The van der Waals surface area contributed by atoms with Crippen LogP contribution in [0.2, 0.25) is 0 Å². The molecular weight excluding hydrogens is 560 g/mol. The number of hydrogen-bond acceptors (Lipinski definition) is 6. The number of aliphatic hydroxyl groups is 2. The molecule has 0 radical (unpaired) electrons. The summed E-state index contributed by atoms with van der Waals surface area (Å²) >= 11 is 0. The number of fused-ring (bicyclic) bond motifs is 8. The van der Waals surface area contributed by atoms with Gasteiger partial charge in [0.2, 0.25) is 0 Å². The van der Waals surface area contributed by atoms with Crippen LogP contribution in [0.4, 0.5) is 0 Å². The van der Waals surface area contributed by atoms with E-state index < -0.39 is 29.6 Å². The van der Waals surface area contributed by atoms with E-state index in [-0.39, 0.29) is 30.7 Å². The Morgan fingerprint density at radius 3 is 1.93 bits per heavy atom. The summed E-state index contributed by atoms with van der Waals surface area (Å²) in [4.78, 5) is 39.5. The van der Waals surface area contributed by atoms with E-state index in [1.807, 2.05) is 32.9 Å². The third-order valence-electron chi connectivity index (χ3n) is 8.91. The molecule has 0 aromatic carbocycles. The molecule has 10 nitrogen and oxygen atoms in total. The second-order valence-electron chi connectivity index (χ2n) is 11.6. The highest BCUT2D eigenvalue weighted by atomic mass is 16.4. The van der Waals surface area contributed by atoms with Crippen molar-refractivity contribution in [2.45, 2.75) is 64.6 Å². The lowest BCUT2D eigenvalue weighted by atomic mass is 9.78. The predicted octanol–water partition coefficient (Wildman–Crippen LogP) is 5.97. The third kappa shape index (κ3) is 4.95. The predicted molar refractivity (Wildman–Crippen MR) is 170 cm³/mol. The van der Waals surface area contributed by atoms with Crippen LogP contribution in [0.1, 0.15) is 84.6 Å². The molecule has 5 heterocycles. The summed E-state index contributed by atoms with van der Waals surface area (Å²) in [6.45, 7) is 15.2. The van der Waals surface area contributed by atoms with Crippen molar-refractivity contribution < 1.29 is 30.0 Å². The average Bonchev–Trinajstić information content (AvgIpc) is 3.58. The van der Waals surface area contributed by atoms with Gasteiger partial charge in [-0.2, -0.15) is 0 Å². The second-order valence-corrected chi connectivity index (χ2v) is 11.6. The fourth-order valence-electron chi connectivity index (χ4n) is 6.11. The van der Waals surface area contributed by atoms with E-state index in [0.717, 1.165) is 44.4 Å². The molecule has 0 fully saturated rings. The zero-order valence-corrected chi connectivity index (χ0v) is 25.2. The Hall–Kier alpha value is -4.80. The van der Waals surface area contributed by atoms with Crippen molar-refractivity contribution in [1.29, 1.82) is 0 Å². The van der Waals surface area contributed by atoms with Crippen LogP contribution in [0.15, 0.2) is 37.4 Å². The maximum absolute atomic E-state index is 12.0. The number of aromatic nitrogens is 4. The van der Waals surface area contributed by atoms with E-state index in [9.17, 15) is 30.0 Å². The molecule has 2 aliphatic heterocycles. The summed E-state index contributed by atoms with van der Waals surface area (Å²) in [5.74, 6) is -2.11. The van der Waals surface area contributed by atoms with Gasteiger partial charge in [0.1, 0.15) is 11.2 Å². The van der Waals surface area contributed by atoms with Gasteiger partial charge < -0.3 is 30.4 Å². The monoisotopic (exact) mass is 596 g/mol. The van der Waals surface area contributed by atoms with Gasteiger partial charge >= 0.3 is 11.9 Å². The number of carboxylic acid groups (broad SMARTS) is 2. The maximum atomic E-state index is 12.0. The van der Waals surface area contributed by atoms with E-state index in [2.05, 4.69) is 28.1 Å². The number of nitrogens with zero attached hydrogens (tertiary/aromatic N) is 2. The summed E-state index contributed by atoms with van der Waals surface area (Å²) < 4.78 is 0. The van der Waals surface area contributed by atoms with Crippen molar-refractivity contribution in [3.8, 4) is 0 Å². The maximum Gasteiger partial charge on any atom is 0.303 e. The number of carboxylic acids is 2. The Labute approximate surface area is 254 Å². The molecule has 228 valence electrons. The van der Waals surface area contributed by atoms with Gasteiger partial charge in [-0.15, -0.1) is 0 Å². The van der Waals surface area contributed by atoms with E-state index in [0.29, 0.717) is 22.5 Å². The van der Waals surface area contributed by atoms with Gasteiger partial charge in [-0.25, -0.2) is 4.98 Å². The van der Waals surface area contributed by atoms with Crippen LogP contribution in [0.5, 0.6) is 0 Å². The fraction of sp³-hybridized carbons (Fsp3) is 0.294. The van der Waals surface area contributed by atoms with E-state index in [1.165, 1.54) is 13.0 Å². The molecule has 0 saturated heterocycles. The molecule has 0 spiro atoms. The Morgan fingerprint density at radius 2 is 1.36 bits per heavy atom. The number of allylic oxidation sites excluding steroid dienone is 2. The molecule has 3 aromatic heterocycles. The molecule has 0 aliphatic carbocycles. The summed E-state index contributed by atoms with van der Waals surface area (Å²) in [6, 6.07) is 7.01. The van der Waals surface area contributed by atoms with Crippen LogP contribution >= 0.6 is 0 Å². The van der Waals surface area contributed by atoms with Crippen LogP contribution in [0, 0.1) is 13.8 Å². The minimum Gasteiger partial charge on any atom is -0.481 e. The quantitative estimate of drug-likeness (QED) is 0.184. The SMILES string of the molecule is C=Cc1c(C)c2cc3[nH]c(cc4nc(cc5nc(cc1[nH]2)C(C)=C5CCC(=O)O)[C@](O)(CCC(=O)O)[C@]4(C)O)c(C)c3C=C. The molecule has 3 aromatic rings. The minimum atomic E-state index is -2.08. The molecule has 2 aliphatic rings. The number of rotatable bonds is 8. The molecule has 0 unspecified atom stereocenters. The van der Waals surface area contributed by atoms with Crippen molar-refractivity contribution in [2.75, 3.05) is 0 Å². The Kier molecular flexibility index (Phi) is 7.69. The summed E-state index contributed by atoms with van der Waals surface area (Å²) in [5, 5.41) is 42.8. The molecule has 0 amide bonds. The zero-order valence-electron chi connectivity index (χ0n) is 25.2. The first-order valence-corrected chi connectivity index (χ1v) is 14.3. The minimum absolute atomic E-state index is 0.0347. The number of H-pyrrole nitrogens is 2. The molecular formula is C34H36N4O6. The van der Waals surface area contributed by atoms with Gasteiger partial charge in [0.15, 0.2) is 0 Å². The normalized spacial score (nSPS) is 19.7. The van der Waals surface area contributed by atoms with Crippen molar-refractivity contribution in [3.63, 3.8) is 0 Å². The Bertz CT molecular complexity index is 1940. The van der Waals surface area contributed by atoms with Gasteiger partial charge in [-0.1, -0.05) is 25.3 Å². The molecule has 10 heteroatoms. The summed E-state index contributed by atoms with van der Waals surface area (Å²) in [5.41, 5.74) is 5.01. The third-order valence-corrected chi connectivity index (χ3v) is 8.91. The Morgan fingerprint density at radius 1 is 0.795 bits per heavy atom. The van der Waals surface area contributed by atoms with Gasteiger partial charge in [0.25, 0.3) is 0 Å². The van der Waals surface area contributed by atoms with Crippen LogP contribution in [0.25, 0.3) is 45.4 Å². The molecule has 2 atom stereocenters. The molecule has 8 bridgehead atoms. The summed E-state index contributed by atoms with van der Waals surface area (Å²) in [6.07, 6.45) is 2.78. The molecule has 44 heavy (non-hydrogen) atoms. The molecule has 0 saturated carbocycles. The first-order chi connectivity index (χ1) is 20.7. The van der Waals surface area contributed by atoms with Crippen molar-refractivity contribution >= 4 is 57.3 Å². The summed E-state index contributed by atoms with van der Waals surface area (Å²) in [7, 11) is 0. The van der Waals surface area contributed by atoms with Gasteiger partial charge in [0.05, 0.1) is 22.8 Å². The van der Waals surface area contributed by atoms with Crippen molar-refractivity contribution in [1.82, 2.24) is 19.9 Å². The zero-order chi connectivity index (χ0) is 32.1. The van der Waals surface area contributed by atoms with Crippen LogP contribution < -0.4 is 0 Å². The van der Waals surface area contributed by atoms with Crippen molar-refractivity contribution in [3.05, 3.63) is 82.5 Å². The van der Waals surface area contributed by atoms with Crippen molar-refractivity contribution in [2.24, 2.45) is 0 Å². The number of aliphatic carboxylic acids is 2. The number of hydrogen-bond donors (Lipinski definition) is 6. The smallest absolute Gasteiger partial charge is 0.303 e. The molecule has 6 N–H and O–H groups in total. The van der Waals surface area contributed by atoms with Crippen LogP contribution in [0.3, 0.4) is 0 Å². The highest BCUT2D eigenvalue weighted by Gasteiger charge is 2.54. The standard InChI is InChI=1S/C34H36N4O6/c1-7-20-17(3)23-13-27-21(8-2)18(4)25(37-27)15-29-33(6,43)34(44,12-11-32(41)42)30(38-29)16-28-22(9-10-31(39)40)19(5)24(36-28)14-26(20)35-23/h7-8,13-16,35,37,43-44H,1-2,9-12H2,3-6H3,(H,39,40)(H,41,42)/t33-,34-/m1/s1. The average molecular weight is 597 g/mol. The lowest BCUT2D eigenvalue weighted by Crippen LogP contribution is -2.44. The van der Waals surface area contributed by atoms with Crippen LogP contribution in [-0.4, -0.2) is 52.3 Å².